The number of carbonyl (C=O) groups excluding carboxylic acids is 6. The van der Waals surface area contributed by atoms with Crippen molar-refractivity contribution < 1.29 is 49.2 Å². The van der Waals surface area contributed by atoms with Gasteiger partial charge in [0.1, 0.15) is 23.0 Å². The average molecular weight is 897 g/mol. The number of hydrogen-bond acceptors (Lipinski definition) is 10. The fraction of sp³-hybridized carbons (Fsp3) is 0. The fourth-order valence-electron chi connectivity index (χ4n) is 7.41. The summed E-state index contributed by atoms with van der Waals surface area (Å²) in [6.07, 6.45) is 15.0. The van der Waals surface area contributed by atoms with Crippen molar-refractivity contribution >= 4 is 77.8 Å². The van der Waals surface area contributed by atoms with Crippen molar-refractivity contribution in [1.82, 2.24) is 0 Å². The van der Waals surface area contributed by atoms with E-state index in [-0.39, 0.29) is 57.7 Å². The number of carbonyl (C=O) groups is 6. The van der Waals surface area contributed by atoms with Crippen molar-refractivity contribution in [2.75, 3.05) is 0 Å². The SMILES string of the molecule is O=C1C=CC(=O)C=C1.O=C1C=CC(=O)C=C1.O=C1C=CC(=O)C=C1.Oc1ccc2ccccc2c1-c1c(O)ccc2ccccc12.Oc1ccc2ccccc2c1-c1c(O)ccc2ccccc12. The molecule has 0 saturated heterocycles. The van der Waals surface area contributed by atoms with Gasteiger partial charge < -0.3 is 20.4 Å². The number of hydrogen-bond donors (Lipinski definition) is 4. The maximum atomic E-state index is 10.4. The van der Waals surface area contributed by atoms with Gasteiger partial charge in [-0.2, -0.15) is 0 Å². The number of allylic oxidation sites excluding steroid dienone is 12. The Morgan fingerprint density at radius 1 is 0.206 bits per heavy atom. The summed E-state index contributed by atoms with van der Waals surface area (Å²) in [5, 5.41) is 49.6. The molecule has 0 saturated carbocycles. The smallest absolute Gasteiger partial charge is 0.178 e. The zero-order chi connectivity index (χ0) is 48.2. The molecule has 8 aromatic rings. The van der Waals surface area contributed by atoms with E-state index in [1.807, 2.05) is 121 Å². The summed E-state index contributed by atoms with van der Waals surface area (Å²) in [4.78, 5) is 61.7. The summed E-state index contributed by atoms with van der Waals surface area (Å²) in [5.74, 6) is -0.0380. The van der Waals surface area contributed by atoms with Gasteiger partial charge in [-0.25, -0.2) is 0 Å². The Bertz CT molecular complexity index is 2960. The van der Waals surface area contributed by atoms with Crippen LogP contribution in [0.2, 0.25) is 0 Å². The van der Waals surface area contributed by atoms with Crippen LogP contribution in [-0.2, 0) is 28.8 Å². The third kappa shape index (κ3) is 11.2. The molecule has 0 fully saturated rings. The number of phenolic OH excluding ortho intramolecular Hbond substituents is 4. The maximum absolute atomic E-state index is 10.4. The van der Waals surface area contributed by atoms with Crippen molar-refractivity contribution in [2.24, 2.45) is 0 Å². The number of phenols is 4. The topological polar surface area (TPSA) is 183 Å². The number of benzene rings is 8. The Labute approximate surface area is 389 Å². The Hall–Kier alpha value is -9.54. The Kier molecular flexibility index (Phi) is 14.6. The van der Waals surface area contributed by atoms with E-state index < -0.39 is 0 Å². The molecule has 0 aromatic heterocycles. The fourth-order valence-corrected chi connectivity index (χ4v) is 7.41. The van der Waals surface area contributed by atoms with Gasteiger partial charge in [-0.1, -0.05) is 121 Å². The number of aromatic hydroxyl groups is 4. The van der Waals surface area contributed by atoms with Crippen LogP contribution in [0.1, 0.15) is 0 Å². The van der Waals surface area contributed by atoms with Crippen LogP contribution in [0.15, 0.2) is 219 Å². The van der Waals surface area contributed by atoms with Gasteiger partial charge >= 0.3 is 0 Å². The molecule has 3 aliphatic carbocycles. The second kappa shape index (κ2) is 21.4. The van der Waals surface area contributed by atoms with Crippen LogP contribution >= 0.6 is 0 Å². The Balaban J connectivity index is 0.000000138. The number of ketones is 6. The highest BCUT2D eigenvalue weighted by Gasteiger charge is 2.18. The van der Waals surface area contributed by atoms with Crippen molar-refractivity contribution in [3.63, 3.8) is 0 Å². The third-order valence-corrected chi connectivity index (χ3v) is 10.6. The van der Waals surface area contributed by atoms with Crippen LogP contribution in [0.25, 0.3) is 65.3 Å². The molecule has 0 atom stereocenters. The lowest BCUT2D eigenvalue weighted by Crippen LogP contribution is -1.97. The minimum atomic E-state index is -0.121. The first-order valence-electron chi connectivity index (χ1n) is 21.0. The predicted octanol–water partition coefficient (Wildman–Crippen LogP) is 10.9. The second-order valence-electron chi connectivity index (χ2n) is 15.1. The molecular formula is C58H40O10. The lowest BCUT2D eigenvalue weighted by atomic mass is 9.92. The summed E-state index contributed by atoms with van der Waals surface area (Å²) in [5.41, 5.74) is 2.69. The second-order valence-corrected chi connectivity index (χ2v) is 15.1. The van der Waals surface area contributed by atoms with Gasteiger partial charge in [0, 0.05) is 22.3 Å². The van der Waals surface area contributed by atoms with Crippen LogP contribution in [0, 0.1) is 0 Å². The normalized spacial score (nSPS) is 13.4. The summed E-state index contributed by atoms with van der Waals surface area (Å²) in [6, 6.07) is 45.7. The molecule has 10 heteroatoms. The molecule has 0 radical (unpaired) electrons. The number of rotatable bonds is 2. The van der Waals surface area contributed by atoms with Gasteiger partial charge in [0.25, 0.3) is 0 Å². The Morgan fingerprint density at radius 2 is 0.368 bits per heavy atom. The van der Waals surface area contributed by atoms with E-state index in [4.69, 9.17) is 0 Å². The van der Waals surface area contributed by atoms with E-state index in [2.05, 4.69) is 0 Å². The minimum Gasteiger partial charge on any atom is -0.507 e. The van der Waals surface area contributed by atoms with E-state index in [0.717, 1.165) is 43.1 Å². The summed E-state index contributed by atoms with van der Waals surface area (Å²) >= 11 is 0. The van der Waals surface area contributed by atoms with Crippen molar-refractivity contribution in [3.8, 4) is 45.3 Å². The molecular weight excluding hydrogens is 857 g/mol. The largest absolute Gasteiger partial charge is 0.507 e. The van der Waals surface area contributed by atoms with Crippen molar-refractivity contribution in [3.05, 3.63) is 219 Å². The lowest BCUT2D eigenvalue weighted by Gasteiger charge is -2.14. The first kappa shape index (κ1) is 46.5. The summed E-state index contributed by atoms with van der Waals surface area (Å²) in [6.45, 7) is 0. The molecule has 0 unspecified atom stereocenters. The van der Waals surface area contributed by atoms with Gasteiger partial charge in [0.2, 0.25) is 0 Å². The molecule has 0 amide bonds. The first-order valence-corrected chi connectivity index (χ1v) is 21.0. The van der Waals surface area contributed by atoms with Crippen LogP contribution in [0.3, 0.4) is 0 Å². The highest BCUT2D eigenvalue weighted by Crippen LogP contribution is 2.45. The standard InChI is InChI=1S/2C20H14O2.3C6H4O2/c2*21-17-11-9-13-5-1-3-7-15(13)19(17)20-16-8-4-2-6-14(16)10-12-18(20)22;3*7-5-1-2-6(8)4-3-5/h2*1-12,21-22H;3*1-4H. The van der Waals surface area contributed by atoms with E-state index in [9.17, 15) is 49.2 Å². The molecule has 4 N–H and O–H groups in total. The zero-order valence-electron chi connectivity index (χ0n) is 36.0. The number of fused-ring (bicyclic) bond motifs is 4. The van der Waals surface area contributed by atoms with Gasteiger partial charge in [-0.05, 0) is 140 Å². The molecule has 68 heavy (non-hydrogen) atoms. The lowest BCUT2D eigenvalue weighted by molar-refractivity contribution is -0.113. The molecule has 0 heterocycles. The van der Waals surface area contributed by atoms with Crippen LogP contribution in [0.4, 0.5) is 0 Å². The average Bonchev–Trinajstić information content (AvgIpc) is 3.36. The molecule has 11 rings (SSSR count). The van der Waals surface area contributed by atoms with Gasteiger partial charge in [-0.15, -0.1) is 0 Å². The molecule has 8 aromatic carbocycles. The molecule has 10 nitrogen and oxygen atoms in total. The van der Waals surface area contributed by atoms with E-state index in [1.165, 1.54) is 72.9 Å². The summed E-state index contributed by atoms with van der Waals surface area (Å²) in [7, 11) is 0. The molecule has 332 valence electrons. The van der Waals surface area contributed by atoms with Crippen molar-refractivity contribution in [1.29, 1.82) is 0 Å². The third-order valence-electron chi connectivity index (χ3n) is 10.6. The monoisotopic (exact) mass is 896 g/mol. The quantitative estimate of drug-likeness (QED) is 0.122. The van der Waals surface area contributed by atoms with Crippen LogP contribution in [-0.4, -0.2) is 55.1 Å². The Morgan fingerprint density at radius 3 is 0.544 bits per heavy atom. The van der Waals surface area contributed by atoms with E-state index in [0.29, 0.717) is 22.3 Å². The maximum Gasteiger partial charge on any atom is 0.178 e. The minimum absolute atomic E-state index is 0.121. The van der Waals surface area contributed by atoms with Gasteiger partial charge in [0.05, 0.1) is 0 Å². The van der Waals surface area contributed by atoms with Crippen LogP contribution < -0.4 is 0 Å². The van der Waals surface area contributed by atoms with Gasteiger partial charge in [-0.3, -0.25) is 28.8 Å². The zero-order valence-corrected chi connectivity index (χ0v) is 36.0. The molecule has 0 spiro atoms. The highest BCUT2D eigenvalue weighted by atomic mass is 16.3. The highest BCUT2D eigenvalue weighted by molar-refractivity contribution is 6.16. The van der Waals surface area contributed by atoms with E-state index >= 15 is 0 Å². The summed E-state index contributed by atoms with van der Waals surface area (Å²) < 4.78 is 0. The van der Waals surface area contributed by atoms with Crippen molar-refractivity contribution in [2.45, 2.75) is 0 Å². The van der Waals surface area contributed by atoms with Gasteiger partial charge in [0.15, 0.2) is 34.7 Å². The molecule has 3 aliphatic rings. The molecule has 0 aliphatic heterocycles. The van der Waals surface area contributed by atoms with E-state index in [1.54, 1.807) is 24.3 Å². The molecule has 0 bridgehead atoms. The predicted molar refractivity (Wildman–Crippen MR) is 265 cm³/mol. The first-order chi connectivity index (χ1) is 32.9. The van der Waals surface area contributed by atoms with Crippen LogP contribution in [0.5, 0.6) is 23.0 Å².